The molecule has 14 heavy (non-hydrogen) atoms. The Kier molecular flexibility index (Phi) is 2.49. The maximum absolute atomic E-state index is 10.6. The molecule has 1 saturated heterocycles. The van der Waals surface area contributed by atoms with Crippen LogP contribution in [-0.2, 0) is 0 Å². The molecule has 0 saturated carbocycles. The van der Waals surface area contributed by atoms with Gasteiger partial charge in [0.1, 0.15) is 6.17 Å². The standard InChI is InChI=1S/C9H13N3O2/c13-9(14)7-5-11-12(6-7)8-3-1-2-4-10-8/h5-6,8,10H,1-4H2,(H,13,14)/t8-/m1/s1. The van der Waals surface area contributed by atoms with E-state index in [1.54, 1.807) is 10.9 Å². The van der Waals surface area contributed by atoms with Gasteiger partial charge in [-0.05, 0) is 25.8 Å². The molecule has 5 heteroatoms. The van der Waals surface area contributed by atoms with Gasteiger partial charge in [0, 0.05) is 6.20 Å². The number of nitrogens with zero attached hydrogens (tertiary/aromatic N) is 2. The number of hydrogen-bond acceptors (Lipinski definition) is 3. The minimum absolute atomic E-state index is 0.164. The van der Waals surface area contributed by atoms with Crippen molar-refractivity contribution < 1.29 is 9.90 Å². The first kappa shape index (κ1) is 9.21. The molecule has 2 N–H and O–H groups in total. The summed E-state index contributed by atoms with van der Waals surface area (Å²) in [5, 5.41) is 16.1. The topological polar surface area (TPSA) is 67.1 Å². The molecular weight excluding hydrogens is 182 g/mol. The third kappa shape index (κ3) is 1.77. The van der Waals surface area contributed by atoms with Crippen LogP contribution in [0.3, 0.4) is 0 Å². The summed E-state index contributed by atoms with van der Waals surface area (Å²) in [6.45, 7) is 0.979. The highest BCUT2D eigenvalue weighted by atomic mass is 16.4. The molecule has 0 unspecified atom stereocenters. The fourth-order valence-electron chi connectivity index (χ4n) is 1.68. The molecule has 1 aliphatic rings. The van der Waals surface area contributed by atoms with Crippen molar-refractivity contribution in [3.63, 3.8) is 0 Å². The molecule has 1 aromatic heterocycles. The molecule has 0 radical (unpaired) electrons. The lowest BCUT2D eigenvalue weighted by atomic mass is 10.1. The van der Waals surface area contributed by atoms with Gasteiger partial charge in [0.2, 0.25) is 0 Å². The Bertz CT molecular complexity index is 329. The van der Waals surface area contributed by atoms with Crippen molar-refractivity contribution >= 4 is 5.97 Å². The van der Waals surface area contributed by atoms with E-state index >= 15 is 0 Å². The largest absolute Gasteiger partial charge is 0.478 e. The maximum atomic E-state index is 10.6. The van der Waals surface area contributed by atoms with Crippen molar-refractivity contribution in [2.75, 3.05) is 6.54 Å². The summed E-state index contributed by atoms with van der Waals surface area (Å²) in [5.41, 5.74) is 0.248. The summed E-state index contributed by atoms with van der Waals surface area (Å²) in [4.78, 5) is 10.6. The molecule has 2 heterocycles. The van der Waals surface area contributed by atoms with E-state index in [2.05, 4.69) is 10.4 Å². The Morgan fingerprint density at radius 2 is 2.50 bits per heavy atom. The van der Waals surface area contributed by atoms with Crippen molar-refractivity contribution in [2.24, 2.45) is 0 Å². The third-order valence-electron chi connectivity index (χ3n) is 2.45. The van der Waals surface area contributed by atoms with Gasteiger partial charge in [-0.25, -0.2) is 4.79 Å². The van der Waals surface area contributed by atoms with E-state index in [1.807, 2.05) is 0 Å². The molecule has 1 aliphatic heterocycles. The zero-order valence-corrected chi connectivity index (χ0v) is 7.81. The van der Waals surface area contributed by atoms with Gasteiger partial charge in [-0.15, -0.1) is 0 Å². The molecule has 1 atom stereocenters. The fraction of sp³-hybridized carbons (Fsp3) is 0.556. The third-order valence-corrected chi connectivity index (χ3v) is 2.45. The minimum atomic E-state index is -0.924. The summed E-state index contributed by atoms with van der Waals surface area (Å²) in [7, 11) is 0. The Hall–Kier alpha value is -1.36. The van der Waals surface area contributed by atoms with Gasteiger partial charge in [-0.2, -0.15) is 5.10 Å². The fourth-order valence-corrected chi connectivity index (χ4v) is 1.68. The number of aromatic carboxylic acids is 1. The van der Waals surface area contributed by atoms with E-state index in [1.165, 1.54) is 19.0 Å². The van der Waals surface area contributed by atoms with Gasteiger partial charge >= 0.3 is 5.97 Å². The molecular formula is C9H13N3O2. The summed E-state index contributed by atoms with van der Waals surface area (Å²) >= 11 is 0. The van der Waals surface area contributed by atoms with Crippen LogP contribution in [0.5, 0.6) is 0 Å². The van der Waals surface area contributed by atoms with Crippen molar-refractivity contribution in [1.29, 1.82) is 0 Å². The molecule has 5 nitrogen and oxygen atoms in total. The second-order valence-corrected chi connectivity index (χ2v) is 3.48. The number of carboxylic acids is 1. The van der Waals surface area contributed by atoms with Gasteiger partial charge in [0.15, 0.2) is 0 Å². The molecule has 2 rings (SSSR count). The molecule has 76 valence electrons. The van der Waals surface area contributed by atoms with Crippen molar-refractivity contribution in [2.45, 2.75) is 25.4 Å². The Morgan fingerprint density at radius 3 is 3.07 bits per heavy atom. The SMILES string of the molecule is O=C(O)c1cnn([C@@H]2CCCCN2)c1. The second-order valence-electron chi connectivity index (χ2n) is 3.48. The molecule has 1 fully saturated rings. The Labute approximate surface area is 81.7 Å². The van der Waals surface area contributed by atoms with E-state index in [4.69, 9.17) is 5.11 Å². The maximum Gasteiger partial charge on any atom is 0.338 e. The minimum Gasteiger partial charge on any atom is -0.478 e. The summed E-state index contributed by atoms with van der Waals surface area (Å²) in [6.07, 6.45) is 6.49. The number of hydrogen-bond donors (Lipinski definition) is 2. The van der Waals surface area contributed by atoms with Crippen LogP contribution in [-0.4, -0.2) is 27.4 Å². The lowest BCUT2D eigenvalue weighted by molar-refractivity contribution is 0.0696. The number of aromatic nitrogens is 2. The number of nitrogens with one attached hydrogen (secondary N) is 1. The van der Waals surface area contributed by atoms with Crippen LogP contribution in [0, 0.1) is 0 Å². The number of rotatable bonds is 2. The molecule has 1 aromatic rings. The van der Waals surface area contributed by atoms with Crippen LogP contribution in [0.25, 0.3) is 0 Å². The van der Waals surface area contributed by atoms with Gasteiger partial charge in [0.25, 0.3) is 0 Å². The first-order valence-electron chi connectivity index (χ1n) is 4.78. The van der Waals surface area contributed by atoms with Crippen LogP contribution < -0.4 is 5.32 Å². The summed E-state index contributed by atoms with van der Waals surface area (Å²) in [5.74, 6) is -0.924. The van der Waals surface area contributed by atoms with Crippen LogP contribution in [0.2, 0.25) is 0 Å². The molecule has 0 aliphatic carbocycles. The average molecular weight is 195 g/mol. The first-order valence-corrected chi connectivity index (χ1v) is 4.78. The highest BCUT2D eigenvalue weighted by Gasteiger charge is 2.16. The average Bonchev–Trinajstić information content (AvgIpc) is 2.68. The number of piperidine rings is 1. The molecule has 0 bridgehead atoms. The predicted octanol–water partition coefficient (Wildman–Crippen LogP) is 0.853. The highest BCUT2D eigenvalue weighted by Crippen LogP contribution is 2.16. The van der Waals surface area contributed by atoms with Gasteiger partial charge in [0.05, 0.1) is 11.8 Å². The highest BCUT2D eigenvalue weighted by molar-refractivity contribution is 5.86. The van der Waals surface area contributed by atoms with Gasteiger partial charge < -0.3 is 5.11 Å². The molecule has 0 spiro atoms. The van der Waals surface area contributed by atoms with E-state index < -0.39 is 5.97 Å². The van der Waals surface area contributed by atoms with Crippen LogP contribution in [0.15, 0.2) is 12.4 Å². The van der Waals surface area contributed by atoms with E-state index in [9.17, 15) is 4.79 Å². The van der Waals surface area contributed by atoms with Crippen molar-refractivity contribution in [1.82, 2.24) is 15.1 Å². The predicted molar refractivity (Wildman–Crippen MR) is 50.1 cm³/mol. The monoisotopic (exact) mass is 195 g/mol. The van der Waals surface area contributed by atoms with Crippen molar-refractivity contribution in [3.05, 3.63) is 18.0 Å². The molecule has 0 aromatic carbocycles. The summed E-state index contributed by atoms with van der Waals surface area (Å²) < 4.78 is 1.70. The Morgan fingerprint density at radius 1 is 1.64 bits per heavy atom. The number of carboxylic acid groups (broad SMARTS) is 1. The van der Waals surface area contributed by atoms with Crippen LogP contribution in [0.1, 0.15) is 35.8 Å². The van der Waals surface area contributed by atoms with Crippen LogP contribution >= 0.6 is 0 Å². The second kappa shape index (κ2) is 3.79. The van der Waals surface area contributed by atoms with Gasteiger partial charge in [-0.1, -0.05) is 0 Å². The van der Waals surface area contributed by atoms with Crippen molar-refractivity contribution in [3.8, 4) is 0 Å². The molecule has 0 amide bonds. The first-order chi connectivity index (χ1) is 6.77. The lowest BCUT2D eigenvalue weighted by Gasteiger charge is -2.23. The van der Waals surface area contributed by atoms with Gasteiger partial charge in [-0.3, -0.25) is 10.00 Å². The quantitative estimate of drug-likeness (QED) is 0.734. The smallest absolute Gasteiger partial charge is 0.338 e. The normalized spacial score (nSPS) is 22.1. The lowest BCUT2D eigenvalue weighted by Crippen LogP contribution is -2.31. The number of carbonyl (C=O) groups is 1. The zero-order valence-electron chi connectivity index (χ0n) is 7.81. The Balaban J connectivity index is 2.11. The zero-order chi connectivity index (χ0) is 9.97. The van der Waals surface area contributed by atoms with E-state index in [0.717, 1.165) is 13.0 Å². The van der Waals surface area contributed by atoms with Crippen LogP contribution in [0.4, 0.5) is 0 Å². The van der Waals surface area contributed by atoms with E-state index in [0.29, 0.717) is 0 Å². The van der Waals surface area contributed by atoms with E-state index in [-0.39, 0.29) is 11.7 Å². The summed E-state index contributed by atoms with van der Waals surface area (Å²) in [6, 6.07) is 0.